The Bertz CT molecular complexity index is 2040. The summed E-state index contributed by atoms with van der Waals surface area (Å²) in [5.74, 6) is 0.0780. The summed E-state index contributed by atoms with van der Waals surface area (Å²) in [6.45, 7) is 7.38. The molecule has 0 unspecified atom stereocenters. The molecule has 2 heterocycles. The first kappa shape index (κ1) is 45.5. The van der Waals surface area contributed by atoms with Gasteiger partial charge in [-0.05, 0) is 100 Å². The molecule has 6 atom stereocenters. The molecule has 0 aliphatic carbocycles. The predicted molar refractivity (Wildman–Crippen MR) is 238 cm³/mol. The second-order valence-corrected chi connectivity index (χ2v) is 16.0. The van der Waals surface area contributed by atoms with Gasteiger partial charge in [-0.25, -0.2) is 0 Å². The molecule has 2 aliphatic rings. The molecule has 6 rings (SSSR count). The average molecular weight is 854 g/mol. The van der Waals surface area contributed by atoms with E-state index in [2.05, 4.69) is 10.6 Å². The van der Waals surface area contributed by atoms with Crippen LogP contribution in [0.2, 0.25) is 10.0 Å². The van der Waals surface area contributed by atoms with Crippen LogP contribution in [0.15, 0.2) is 121 Å². The van der Waals surface area contributed by atoms with E-state index in [1.54, 1.807) is 76.5 Å². The zero-order valence-electron chi connectivity index (χ0n) is 34.9. The van der Waals surface area contributed by atoms with E-state index in [0.29, 0.717) is 58.4 Å². The summed E-state index contributed by atoms with van der Waals surface area (Å²) in [7, 11) is 3.26. The summed E-state index contributed by atoms with van der Waals surface area (Å²) in [6.07, 6.45) is 10.6. The highest BCUT2D eigenvalue weighted by Gasteiger charge is 2.29. The number of carbonyl (C=O) groups is 4. The minimum absolute atomic E-state index is 0.0971. The molecular weight excluding hydrogens is 799 g/mol. The maximum atomic E-state index is 13.1. The molecule has 0 fully saturated rings. The lowest BCUT2D eigenvalue weighted by atomic mass is 10.0. The molecule has 4 aromatic carbocycles. The lowest BCUT2D eigenvalue weighted by Crippen LogP contribution is -2.47. The van der Waals surface area contributed by atoms with Gasteiger partial charge in [-0.3, -0.25) is 19.2 Å². The summed E-state index contributed by atoms with van der Waals surface area (Å²) in [5, 5.41) is 7.38. The number of amides is 4. The van der Waals surface area contributed by atoms with Gasteiger partial charge >= 0.3 is 0 Å². The van der Waals surface area contributed by atoms with Crippen molar-refractivity contribution in [2.75, 3.05) is 14.1 Å². The molecule has 60 heavy (non-hydrogen) atoms. The highest BCUT2D eigenvalue weighted by Crippen LogP contribution is 2.27. The van der Waals surface area contributed by atoms with Gasteiger partial charge in [-0.2, -0.15) is 0 Å². The largest absolute Gasteiger partial charge is 0.490 e. The smallest absolute Gasteiger partial charge is 0.258 e. The monoisotopic (exact) mass is 852 g/mol. The molecule has 0 saturated carbocycles. The van der Waals surface area contributed by atoms with Crippen LogP contribution in [0.1, 0.15) is 97.3 Å². The predicted octanol–water partition coefficient (Wildman–Crippen LogP) is 9.55. The van der Waals surface area contributed by atoms with Crippen LogP contribution in [0.4, 0.5) is 0 Å². The van der Waals surface area contributed by atoms with Crippen LogP contribution >= 0.6 is 23.2 Å². The van der Waals surface area contributed by atoms with Crippen molar-refractivity contribution >= 4 is 46.8 Å². The Balaban J connectivity index is 0.000000228. The third kappa shape index (κ3) is 12.2. The van der Waals surface area contributed by atoms with Crippen molar-refractivity contribution in [3.8, 4) is 11.5 Å². The maximum absolute atomic E-state index is 13.1. The molecule has 0 aromatic heterocycles. The van der Waals surface area contributed by atoms with E-state index in [-0.39, 0.29) is 47.9 Å². The van der Waals surface area contributed by atoms with Crippen molar-refractivity contribution < 1.29 is 28.7 Å². The van der Waals surface area contributed by atoms with E-state index in [9.17, 15) is 19.2 Å². The van der Waals surface area contributed by atoms with Crippen LogP contribution in [0.5, 0.6) is 11.5 Å². The standard InChI is InChI=1S/2C24H27ClN2O3/c2*1-16-9-4-6-13-21(18-10-8-11-19(25)15-18)26-23(28)17(2)27(3)24(29)20-12-5-7-14-22(20)30-16/h2*4-8,10-12,14-17,21H,9,13H2,1-3H3,(H,26,28)/b6-4+;6-4-/t2*16-,17+,21-/m00/s1. The Morgan fingerprint density at radius 1 is 0.517 bits per heavy atom. The van der Waals surface area contributed by atoms with Gasteiger partial charge in [0, 0.05) is 37.0 Å². The number of likely N-dealkylation sites (N-methyl/N-ethyl adjacent to an activating group) is 2. The second kappa shape index (κ2) is 21.6. The number of nitrogens with zero attached hydrogens (tertiary/aromatic N) is 2. The van der Waals surface area contributed by atoms with Crippen molar-refractivity contribution in [3.63, 3.8) is 0 Å². The van der Waals surface area contributed by atoms with E-state index >= 15 is 0 Å². The number of hydrogen-bond acceptors (Lipinski definition) is 6. The van der Waals surface area contributed by atoms with Gasteiger partial charge in [-0.15, -0.1) is 0 Å². The zero-order chi connectivity index (χ0) is 43.3. The number of hydrogen-bond donors (Lipinski definition) is 2. The quantitative estimate of drug-likeness (QED) is 0.194. The van der Waals surface area contributed by atoms with Crippen LogP contribution in [-0.2, 0) is 9.59 Å². The molecule has 316 valence electrons. The number of carbonyl (C=O) groups excluding carboxylic acids is 4. The number of para-hydroxylation sites is 2. The summed E-state index contributed by atoms with van der Waals surface area (Å²) >= 11 is 12.3. The lowest BCUT2D eigenvalue weighted by Gasteiger charge is -2.28. The van der Waals surface area contributed by atoms with Gasteiger partial charge in [0.05, 0.1) is 35.4 Å². The molecule has 4 amide bonds. The SMILES string of the molecule is C[C@@H]1C(=O)N[C@H](c2cccc(Cl)c2)C/C=C/C[C@H](C)Oc2ccccc2C(=O)N1C.C[C@@H]1C(=O)N[C@H](c2cccc(Cl)c2)C/C=C\C[C@H](C)Oc2ccccc2C(=O)N1C. The van der Waals surface area contributed by atoms with Gasteiger partial charge in [0.15, 0.2) is 0 Å². The third-order valence-electron chi connectivity index (χ3n) is 10.6. The molecule has 0 radical (unpaired) electrons. The molecule has 2 N–H and O–H groups in total. The fraction of sp³-hybridized carbons (Fsp3) is 0.333. The summed E-state index contributed by atoms with van der Waals surface area (Å²) in [6, 6.07) is 27.4. The van der Waals surface area contributed by atoms with Gasteiger partial charge in [0.1, 0.15) is 23.6 Å². The zero-order valence-corrected chi connectivity index (χ0v) is 36.5. The highest BCUT2D eigenvalue weighted by molar-refractivity contribution is 6.30. The Kier molecular flexibility index (Phi) is 16.4. The Morgan fingerprint density at radius 3 is 1.27 bits per heavy atom. The van der Waals surface area contributed by atoms with Crippen LogP contribution in [0.25, 0.3) is 0 Å². The minimum atomic E-state index is -0.656. The molecule has 2 aliphatic heterocycles. The number of ether oxygens (including phenoxy) is 2. The highest BCUT2D eigenvalue weighted by atomic mass is 35.5. The van der Waals surface area contributed by atoms with Crippen LogP contribution in [0, 0.1) is 0 Å². The number of rotatable bonds is 2. The van der Waals surface area contributed by atoms with Crippen molar-refractivity contribution in [2.45, 2.75) is 89.8 Å². The molecule has 0 saturated heterocycles. The van der Waals surface area contributed by atoms with Gasteiger partial charge in [-0.1, -0.05) is 96.0 Å². The van der Waals surface area contributed by atoms with E-state index < -0.39 is 12.1 Å². The number of halogens is 2. The molecule has 10 nitrogen and oxygen atoms in total. The fourth-order valence-corrected chi connectivity index (χ4v) is 7.13. The van der Waals surface area contributed by atoms with Crippen molar-refractivity contribution in [1.29, 1.82) is 0 Å². The molecule has 0 bridgehead atoms. The van der Waals surface area contributed by atoms with Crippen LogP contribution < -0.4 is 20.1 Å². The summed E-state index contributed by atoms with van der Waals surface area (Å²) < 4.78 is 12.1. The first-order valence-corrected chi connectivity index (χ1v) is 21.0. The molecule has 4 aromatic rings. The molecular formula is C48H54Cl2N4O6. The molecule has 12 heteroatoms. The van der Waals surface area contributed by atoms with Crippen LogP contribution in [0.3, 0.4) is 0 Å². The normalized spacial score (nSPS) is 24.3. The minimum Gasteiger partial charge on any atom is -0.490 e. The van der Waals surface area contributed by atoms with E-state index in [4.69, 9.17) is 32.7 Å². The Labute approximate surface area is 363 Å². The van der Waals surface area contributed by atoms with Gasteiger partial charge < -0.3 is 29.9 Å². The van der Waals surface area contributed by atoms with Crippen molar-refractivity contribution in [1.82, 2.24) is 20.4 Å². The van der Waals surface area contributed by atoms with E-state index in [0.717, 1.165) is 11.1 Å². The summed E-state index contributed by atoms with van der Waals surface area (Å²) in [5.41, 5.74) is 2.73. The maximum Gasteiger partial charge on any atom is 0.258 e. The van der Waals surface area contributed by atoms with Crippen molar-refractivity contribution in [3.05, 3.63) is 154 Å². The fourth-order valence-electron chi connectivity index (χ4n) is 6.73. The van der Waals surface area contributed by atoms with E-state index in [1.807, 2.05) is 86.7 Å². The summed E-state index contributed by atoms with van der Waals surface area (Å²) in [4.78, 5) is 55.0. The lowest BCUT2D eigenvalue weighted by molar-refractivity contribution is -0.126. The molecule has 0 spiro atoms. The van der Waals surface area contributed by atoms with Gasteiger partial charge in [0.2, 0.25) is 11.8 Å². The van der Waals surface area contributed by atoms with Crippen LogP contribution in [-0.4, -0.2) is 71.8 Å². The third-order valence-corrected chi connectivity index (χ3v) is 11.1. The topological polar surface area (TPSA) is 117 Å². The number of benzene rings is 4. The Morgan fingerprint density at radius 2 is 0.883 bits per heavy atom. The Hall–Kier alpha value is -5.58. The first-order chi connectivity index (χ1) is 28.7. The van der Waals surface area contributed by atoms with Crippen molar-refractivity contribution in [2.24, 2.45) is 0 Å². The van der Waals surface area contributed by atoms with Gasteiger partial charge in [0.25, 0.3) is 11.8 Å². The number of fused-ring (bicyclic) bond motifs is 2. The average Bonchev–Trinajstić information content (AvgIpc) is 3.24. The second-order valence-electron chi connectivity index (χ2n) is 15.2. The first-order valence-electron chi connectivity index (χ1n) is 20.2. The number of nitrogens with one attached hydrogen (secondary N) is 2. The van der Waals surface area contributed by atoms with E-state index in [1.165, 1.54) is 9.80 Å².